The Labute approximate surface area is 190 Å². The van der Waals surface area contributed by atoms with E-state index >= 15 is 0 Å². The van der Waals surface area contributed by atoms with Crippen molar-refractivity contribution in [1.29, 1.82) is 0 Å². The number of ether oxygens (including phenoxy) is 1. The van der Waals surface area contributed by atoms with Crippen LogP contribution in [0.4, 0.5) is 0 Å². The fraction of sp³-hybridized carbons (Fsp3) is 0.241. The van der Waals surface area contributed by atoms with Crippen molar-refractivity contribution in [3.05, 3.63) is 95.6 Å². The lowest BCUT2D eigenvalue weighted by Crippen LogP contribution is -2.09. The molecular weight excluding hydrogens is 396 g/mol. The Morgan fingerprint density at radius 1 is 0.781 bits per heavy atom. The molecule has 0 radical (unpaired) electrons. The highest BCUT2D eigenvalue weighted by molar-refractivity contribution is 5.94. The average Bonchev–Trinajstić information content (AvgIpc) is 2.80. The van der Waals surface area contributed by atoms with Crippen molar-refractivity contribution in [3.63, 3.8) is 0 Å². The van der Waals surface area contributed by atoms with E-state index in [1.807, 2.05) is 55.5 Å². The molecular formula is C29H30O3. The molecule has 0 spiro atoms. The molecule has 0 aliphatic carbocycles. The number of ketones is 2. The van der Waals surface area contributed by atoms with Crippen molar-refractivity contribution in [2.24, 2.45) is 5.92 Å². The standard InChI is InChI=1S/C29H30O3/c1-20(17-18-32-29-15-5-24(6-16-29)19-21(2)22(3)30)25-7-11-27(12-8-25)28-13-9-26(10-14-28)23(4)31/h5-17,21H,18-19H2,1-4H3/b20-17+. The van der Waals surface area contributed by atoms with E-state index in [2.05, 4.69) is 37.3 Å². The SMILES string of the molecule is CC(=O)c1ccc(-c2ccc(/C(C)=C/COc3ccc(CC(C)C(C)=O)cc3)cc2)cc1. The fourth-order valence-electron chi connectivity index (χ4n) is 3.42. The molecule has 3 heteroatoms. The number of benzene rings is 3. The Morgan fingerprint density at radius 3 is 1.81 bits per heavy atom. The number of carbonyl (C=O) groups excluding carboxylic acids is 2. The number of Topliss-reactive ketones (excluding diaryl/α,β-unsaturated/α-hetero) is 2. The highest BCUT2D eigenvalue weighted by Gasteiger charge is 2.08. The van der Waals surface area contributed by atoms with E-state index in [1.54, 1.807) is 13.8 Å². The monoisotopic (exact) mass is 426 g/mol. The summed E-state index contributed by atoms with van der Waals surface area (Å²) < 4.78 is 5.86. The van der Waals surface area contributed by atoms with Crippen LogP contribution in [0.25, 0.3) is 16.7 Å². The first-order valence-electron chi connectivity index (χ1n) is 10.9. The molecule has 3 aromatic rings. The zero-order valence-electron chi connectivity index (χ0n) is 19.2. The van der Waals surface area contributed by atoms with Gasteiger partial charge in [0.05, 0.1) is 0 Å². The lowest BCUT2D eigenvalue weighted by Gasteiger charge is -2.09. The zero-order valence-corrected chi connectivity index (χ0v) is 19.2. The van der Waals surface area contributed by atoms with Gasteiger partial charge in [0.25, 0.3) is 0 Å². The Kier molecular flexibility index (Phi) is 7.77. The number of allylic oxidation sites excluding steroid dienone is 1. The second kappa shape index (κ2) is 10.7. The minimum absolute atomic E-state index is 0.0404. The highest BCUT2D eigenvalue weighted by atomic mass is 16.5. The van der Waals surface area contributed by atoms with Gasteiger partial charge < -0.3 is 4.74 Å². The molecule has 0 aliphatic rings. The van der Waals surface area contributed by atoms with Crippen LogP contribution >= 0.6 is 0 Å². The Bertz CT molecular complexity index is 1090. The van der Waals surface area contributed by atoms with Crippen LogP contribution in [0.2, 0.25) is 0 Å². The highest BCUT2D eigenvalue weighted by Crippen LogP contribution is 2.23. The summed E-state index contributed by atoms with van der Waals surface area (Å²) in [7, 11) is 0. The van der Waals surface area contributed by atoms with Crippen LogP contribution < -0.4 is 4.74 Å². The van der Waals surface area contributed by atoms with Gasteiger partial charge in [0, 0.05) is 11.5 Å². The summed E-state index contributed by atoms with van der Waals surface area (Å²) in [6, 6.07) is 24.0. The van der Waals surface area contributed by atoms with Gasteiger partial charge in [-0.2, -0.15) is 0 Å². The van der Waals surface area contributed by atoms with Crippen LogP contribution in [0.5, 0.6) is 5.75 Å². The zero-order chi connectivity index (χ0) is 23.1. The van der Waals surface area contributed by atoms with Gasteiger partial charge in [-0.1, -0.05) is 67.6 Å². The van der Waals surface area contributed by atoms with Gasteiger partial charge in [-0.3, -0.25) is 9.59 Å². The second-order valence-corrected chi connectivity index (χ2v) is 8.27. The molecule has 32 heavy (non-hydrogen) atoms. The quantitative estimate of drug-likeness (QED) is 0.353. The van der Waals surface area contributed by atoms with E-state index in [9.17, 15) is 9.59 Å². The van der Waals surface area contributed by atoms with Gasteiger partial charge >= 0.3 is 0 Å². The Hall–Kier alpha value is -3.46. The van der Waals surface area contributed by atoms with E-state index in [0.717, 1.165) is 45.6 Å². The van der Waals surface area contributed by atoms with Crippen molar-refractivity contribution in [3.8, 4) is 16.9 Å². The third-order valence-corrected chi connectivity index (χ3v) is 5.76. The molecule has 1 unspecified atom stereocenters. The number of hydrogen-bond acceptors (Lipinski definition) is 3. The summed E-state index contributed by atoms with van der Waals surface area (Å²) in [6.45, 7) is 7.73. The summed E-state index contributed by atoms with van der Waals surface area (Å²) in [6.07, 6.45) is 2.83. The second-order valence-electron chi connectivity index (χ2n) is 8.27. The van der Waals surface area contributed by atoms with Gasteiger partial charge in [0.15, 0.2) is 5.78 Å². The van der Waals surface area contributed by atoms with Crippen LogP contribution in [0.1, 0.15) is 49.2 Å². The lowest BCUT2D eigenvalue weighted by molar-refractivity contribution is -0.120. The molecule has 164 valence electrons. The molecule has 3 aromatic carbocycles. The van der Waals surface area contributed by atoms with Crippen molar-refractivity contribution < 1.29 is 14.3 Å². The summed E-state index contributed by atoms with van der Waals surface area (Å²) in [4.78, 5) is 22.9. The molecule has 0 fully saturated rings. The summed E-state index contributed by atoms with van der Waals surface area (Å²) in [5.74, 6) is 1.15. The van der Waals surface area contributed by atoms with Crippen molar-refractivity contribution in [2.75, 3.05) is 6.61 Å². The molecule has 0 heterocycles. The van der Waals surface area contributed by atoms with Crippen LogP contribution in [0.3, 0.4) is 0 Å². The maximum absolute atomic E-state index is 11.4. The maximum atomic E-state index is 11.4. The van der Waals surface area contributed by atoms with Crippen LogP contribution in [0, 0.1) is 5.92 Å². The average molecular weight is 427 g/mol. The molecule has 0 bridgehead atoms. The predicted molar refractivity (Wildman–Crippen MR) is 131 cm³/mol. The summed E-state index contributed by atoms with van der Waals surface area (Å²) >= 11 is 0. The molecule has 0 saturated heterocycles. The van der Waals surface area contributed by atoms with E-state index in [4.69, 9.17) is 4.74 Å². The minimum Gasteiger partial charge on any atom is -0.490 e. The topological polar surface area (TPSA) is 43.4 Å². The van der Waals surface area contributed by atoms with Crippen LogP contribution in [0.15, 0.2) is 78.9 Å². The number of hydrogen-bond donors (Lipinski definition) is 0. The lowest BCUT2D eigenvalue weighted by atomic mass is 9.98. The van der Waals surface area contributed by atoms with Crippen LogP contribution in [-0.4, -0.2) is 18.2 Å². The maximum Gasteiger partial charge on any atom is 0.159 e. The van der Waals surface area contributed by atoms with Gasteiger partial charge in [-0.25, -0.2) is 0 Å². The largest absolute Gasteiger partial charge is 0.490 e. The molecule has 0 saturated carbocycles. The van der Waals surface area contributed by atoms with E-state index in [-0.39, 0.29) is 17.5 Å². The molecule has 0 amide bonds. The number of carbonyl (C=O) groups is 2. The van der Waals surface area contributed by atoms with E-state index in [1.165, 1.54) is 0 Å². The first-order chi connectivity index (χ1) is 15.3. The van der Waals surface area contributed by atoms with Gasteiger partial charge in [0.2, 0.25) is 0 Å². The van der Waals surface area contributed by atoms with Gasteiger partial charge in [-0.05, 0) is 73.2 Å². The third-order valence-electron chi connectivity index (χ3n) is 5.76. The van der Waals surface area contributed by atoms with Crippen molar-refractivity contribution in [2.45, 2.75) is 34.1 Å². The molecule has 1 atom stereocenters. The molecule has 0 N–H and O–H groups in total. The van der Waals surface area contributed by atoms with Crippen LogP contribution in [-0.2, 0) is 11.2 Å². The van der Waals surface area contributed by atoms with Gasteiger partial charge in [-0.15, -0.1) is 0 Å². The summed E-state index contributed by atoms with van der Waals surface area (Å²) in [5, 5.41) is 0. The molecule has 3 rings (SSSR count). The predicted octanol–water partition coefficient (Wildman–Crippen LogP) is 6.81. The molecule has 0 aromatic heterocycles. The van der Waals surface area contributed by atoms with Crippen molar-refractivity contribution in [1.82, 2.24) is 0 Å². The Balaban J connectivity index is 1.56. The third kappa shape index (κ3) is 6.27. The minimum atomic E-state index is 0.0404. The summed E-state index contributed by atoms with van der Waals surface area (Å²) in [5.41, 5.74) is 6.37. The fourth-order valence-corrected chi connectivity index (χ4v) is 3.42. The Morgan fingerprint density at radius 2 is 1.31 bits per heavy atom. The first kappa shape index (κ1) is 23.2. The normalized spacial score (nSPS) is 12.3. The first-order valence-corrected chi connectivity index (χ1v) is 10.9. The van der Waals surface area contributed by atoms with E-state index in [0.29, 0.717) is 6.61 Å². The molecule has 3 nitrogen and oxygen atoms in total. The van der Waals surface area contributed by atoms with Crippen molar-refractivity contribution >= 4 is 17.1 Å². The van der Waals surface area contributed by atoms with E-state index < -0.39 is 0 Å². The number of rotatable bonds is 9. The van der Waals surface area contributed by atoms with Gasteiger partial charge in [0.1, 0.15) is 18.1 Å². The molecule has 0 aliphatic heterocycles. The smallest absolute Gasteiger partial charge is 0.159 e.